The summed E-state index contributed by atoms with van der Waals surface area (Å²) in [7, 11) is 0. The minimum atomic E-state index is 0.625. The maximum absolute atomic E-state index is 6.13. The van der Waals surface area contributed by atoms with Gasteiger partial charge in [0.15, 0.2) is 17.5 Å². The van der Waals surface area contributed by atoms with E-state index in [2.05, 4.69) is 91.0 Å². The molecule has 214 valence electrons. The molecule has 3 heterocycles. The maximum atomic E-state index is 6.13. The summed E-state index contributed by atoms with van der Waals surface area (Å²) in [6, 6.07) is 48.5. The Morgan fingerprint density at radius 3 is 2.02 bits per heavy atom. The monoisotopic (exact) mass is 605 g/mol. The Hall–Kier alpha value is -5.91. The van der Waals surface area contributed by atoms with Crippen molar-refractivity contribution in [3.8, 4) is 34.2 Å². The number of hydrogen-bond acceptors (Lipinski definition) is 5. The average Bonchev–Trinajstić information content (AvgIpc) is 3.69. The molecule has 0 bridgehead atoms. The van der Waals surface area contributed by atoms with Crippen LogP contribution in [0, 0.1) is 0 Å². The third-order valence-electron chi connectivity index (χ3n) is 8.91. The Morgan fingerprint density at radius 1 is 0.435 bits per heavy atom. The van der Waals surface area contributed by atoms with Crippen LogP contribution >= 0.6 is 11.3 Å². The molecule has 0 spiro atoms. The van der Waals surface area contributed by atoms with Gasteiger partial charge in [-0.05, 0) is 52.6 Å². The van der Waals surface area contributed by atoms with Crippen LogP contribution < -0.4 is 0 Å². The average molecular weight is 606 g/mol. The molecule has 0 aliphatic heterocycles. The number of nitrogens with zero attached hydrogens (tertiary/aromatic N) is 3. The summed E-state index contributed by atoms with van der Waals surface area (Å²) in [4.78, 5) is 15.4. The summed E-state index contributed by atoms with van der Waals surface area (Å²) >= 11 is 1.85. The first-order valence-corrected chi connectivity index (χ1v) is 16.1. The predicted molar refractivity (Wildman–Crippen MR) is 191 cm³/mol. The molecule has 10 rings (SSSR count). The second kappa shape index (κ2) is 9.80. The zero-order chi connectivity index (χ0) is 30.2. The van der Waals surface area contributed by atoms with Crippen LogP contribution in [0.1, 0.15) is 0 Å². The fourth-order valence-corrected chi connectivity index (χ4v) is 8.00. The molecule has 3 aromatic heterocycles. The van der Waals surface area contributed by atoms with Gasteiger partial charge in [-0.3, -0.25) is 0 Å². The van der Waals surface area contributed by atoms with Gasteiger partial charge in [-0.2, -0.15) is 0 Å². The van der Waals surface area contributed by atoms with Gasteiger partial charge in [0.25, 0.3) is 0 Å². The number of para-hydroxylation sites is 1. The fraction of sp³-hybridized carbons (Fsp3) is 0. The molecule has 0 fully saturated rings. The van der Waals surface area contributed by atoms with Crippen molar-refractivity contribution < 1.29 is 4.42 Å². The van der Waals surface area contributed by atoms with Crippen LogP contribution in [0.3, 0.4) is 0 Å². The molecule has 0 saturated carbocycles. The molecule has 0 N–H and O–H groups in total. The number of furan rings is 1. The molecule has 5 heteroatoms. The molecular weight excluding hydrogens is 583 g/mol. The van der Waals surface area contributed by atoms with Crippen LogP contribution in [0.4, 0.5) is 0 Å². The summed E-state index contributed by atoms with van der Waals surface area (Å²) in [6.07, 6.45) is 0. The van der Waals surface area contributed by atoms with Gasteiger partial charge in [-0.1, -0.05) is 103 Å². The number of rotatable bonds is 3. The van der Waals surface area contributed by atoms with E-state index in [0.29, 0.717) is 17.5 Å². The zero-order valence-electron chi connectivity index (χ0n) is 24.4. The topological polar surface area (TPSA) is 51.8 Å². The van der Waals surface area contributed by atoms with E-state index in [9.17, 15) is 0 Å². The Morgan fingerprint density at radius 2 is 1.13 bits per heavy atom. The van der Waals surface area contributed by atoms with Crippen LogP contribution in [0.5, 0.6) is 0 Å². The number of fused-ring (bicyclic) bond motifs is 10. The van der Waals surface area contributed by atoms with Crippen LogP contribution in [-0.2, 0) is 0 Å². The molecule has 46 heavy (non-hydrogen) atoms. The Balaban J connectivity index is 1.30. The van der Waals surface area contributed by atoms with Crippen LogP contribution in [-0.4, -0.2) is 15.0 Å². The molecule has 0 radical (unpaired) electrons. The van der Waals surface area contributed by atoms with E-state index in [1.165, 1.54) is 36.3 Å². The van der Waals surface area contributed by atoms with E-state index in [-0.39, 0.29) is 0 Å². The summed E-state index contributed by atoms with van der Waals surface area (Å²) in [5.74, 6) is 1.92. The molecule has 0 aliphatic carbocycles. The summed E-state index contributed by atoms with van der Waals surface area (Å²) in [5.41, 5.74) is 4.56. The van der Waals surface area contributed by atoms with Gasteiger partial charge in [0.05, 0.1) is 0 Å². The maximum Gasteiger partial charge on any atom is 0.164 e. The predicted octanol–water partition coefficient (Wildman–Crippen LogP) is 11.4. The quantitative estimate of drug-likeness (QED) is 0.188. The fourth-order valence-electron chi connectivity index (χ4n) is 6.75. The zero-order valence-corrected chi connectivity index (χ0v) is 25.3. The first kappa shape index (κ1) is 25.4. The highest BCUT2D eigenvalue weighted by Gasteiger charge is 2.20. The Kier molecular flexibility index (Phi) is 5.41. The number of aromatic nitrogens is 3. The molecular formula is C41H23N3OS. The van der Waals surface area contributed by atoms with E-state index in [1.54, 1.807) is 0 Å². The van der Waals surface area contributed by atoms with E-state index in [0.717, 1.165) is 44.0 Å². The summed E-state index contributed by atoms with van der Waals surface area (Å²) < 4.78 is 8.68. The molecule has 0 aliphatic rings. The highest BCUT2D eigenvalue weighted by atomic mass is 32.1. The van der Waals surface area contributed by atoms with Crippen LogP contribution in [0.2, 0.25) is 0 Å². The summed E-state index contributed by atoms with van der Waals surface area (Å²) in [6.45, 7) is 0. The smallest absolute Gasteiger partial charge is 0.164 e. The van der Waals surface area contributed by atoms with E-state index < -0.39 is 0 Å². The van der Waals surface area contributed by atoms with Gasteiger partial charge < -0.3 is 4.42 Å². The van der Waals surface area contributed by atoms with Gasteiger partial charge >= 0.3 is 0 Å². The largest absolute Gasteiger partial charge is 0.456 e. The van der Waals surface area contributed by atoms with E-state index in [4.69, 9.17) is 19.4 Å². The Labute approximate surface area is 267 Å². The second-order valence-electron chi connectivity index (χ2n) is 11.6. The lowest BCUT2D eigenvalue weighted by atomic mass is 9.95. The molecule has 10 aromatic rings. The Bertz CT molecular complexity index is 2820. The third-order valence-corrected chi connectivity index (χ3v) is 10.1. The van der Waals surface area contributed by atoms with Crippen molar-refractivity contribution in [3.05, 3.63) is 140 Å². The lowest BCUT2D eigenvalue weighted by Gasteiger charge is -2.13. The molecule has 0 atom stereocenters. The summed E-state index contributed by atoms with van der Waals surface area (Å²) in [5, 5.41) is 9.39. The highest BCUT2D eigenvalue weighted by molar-refractivity contribution is 7.26. The van der Waals surface area contributed by atoms with E-state index >= 15 is 0 Å². The van der Waals surface area contributed by atoms with Crippen molar-refractivity contribution in [3.63, 3.8) is 0 Å². The van der Waals surface area contributed by atoms with E-state index in [1.807, 2.05) is 59.9 Å². The standard InChI is InChI=1S/C41H23N3OS/c1-2-11-25(12-3-1)39-42-40(26-19-21-35-31(22-26)28-14-6-8-16-34(28)45-35)44-41(43-39)33-23-32-29-15-7-9-17-36(29)46-38(32)37-27-13-5-4-10-24(27)18-20-30(33)37/h1-23H. The van der Waals surface area contributed by atoms with Crippen molar-refractivity contribution in [2.24, 2.45) is 0 Å². The molecule has 0 saturated heterocycles. The SMILES string of the molecule is c1ccc(-c2nc(-c3ccc4oc5ccccc5c4c3)nc(-c3cc4c5ccccc5sc4c4c3ccc3ccccc34)n2)cc1. The minimum Gasteiger partial charge on any atom is -0.456 e. The van der Waals surface area contributed by atoms with Crippen molar-refractivity contribution in [1.29, 1.82) is 0 Å². The molecule has 7 aromatic carbocycles. The van der Waals surface area contributed by atoms with Gasteiger partial charge in [0.1, 0.15) is 11.2 Å². The molecule has 0 unspecified atom stereocenters. The lowest BCUT2D eigenvalue weighted by molar-refractivity contribution is 0.669. The van der Waals surface area contributed by atoms with Gasteiger partial charge in [-0.15, -0.1) is 11.3 Å². The van der Waals surface area contributed by atoms with Gasteiger partial charge in [0.2, 0.25) is 0 Å². The molecule has 4 nitrogen and oxygen atoms in total. The highest BCUT2D eigenvalue weighted by Crippen LogP contribution is 2.45. The first-order valence-electron chi connectivity index (χ1n) is 15.3. The lowest BCUT2D eigenvalue weighted by Crippen LogP contribution is -2.00. The number of benzene rings is 7. The van der Waals surface area contributed by atoms with Gasteiger partial charge in [-0.25, -0.2) is 15.0 Å². The van der Waals surface area contributed by atoms with Crippen molar-refractivity contribution in [2.75, 3.05) is 0 Å². The second-order valence-corrected chi connectivity index (χ2v) is 12.6. The third kappa shape index (κ3) is 3.82. The number of hydrogen-bond donors (Lipinski definition) is 0. The van der Waals surface area contributed by atoms with Gasteiger partial charge in [0, 0.05) is 53.0 Å². The first-order chi connectivity index (χ1) is 22.8. The van der Waals surface area contributed by atoms with Crippen molar-refractivity contribution in [1.82, 2.24) is 15.0 Å². The number of thiophene rings is 1. The van der Waals surface area contributed by atoms with Crippen LogP contribution in [0.15, 0.2) is 144 Å². The normalized spacial score (nSPS) is 11.9. The minimum absolute atomic E-state index is 0.625. The molecule has 0 amide bonds. The van der Waals surface area contributed by atoms with Crippen molar-refractivity contribution in [2.45, 2.75) is 0 Å². The van der Waals surface area contributed by atoms with Crippen molar-refractivity contribution >= 4 is 75.0 Å². The van der Waals surface area contributed by atoms with Crippen LogP contribution in [0.25, 0.3) is 97.8 Å².